The number of rotatable bonds is 2. The van der Waals surface area contributed by atoms with E-state index in [0.717, 1.165) is 0 Å². The van der Waals surface area contributed by atoms with E-state index in [4.69, 9.17) is 0 Å². The Balaban J connectivity index is 2.53. The van der Waals surface area contributed by atoms with Crippen molar-refractivity contribution in [3.05, 3.63) is 42.5 Å². The zero-order chi connectivity index (χ0) is 10.2. The lowest BCUT2D eigenvalue weighted by molar-refractivity contribution is -0.133. The number of para-hydroxylation sites is 1. The summed E-state index contributed by atoms with van der Waals surface area (Å²) in [6.45, 7) is 3.54. The fraction of sp³-hybridized carbons (Fsp3) is 0.182. The Bertz CT molecular complexity index is 400. The van der Waals surface area contributed by atoms with Crippen molar-refractivity contribution in [2.45, 2.75) is 12.0 Å². The van der Waals surface area contributed by atoms with Gasteiger partial charge in [0.05, 0.1) is 0 Å². The lowest BCUT2D eigenvalue weighted by Gasteiger charge is -2.18. The molecule has 0 aliphatic carbocycles. The lowest BCUT2D eigenvalue weighted by atomic mass is 9.92. The molecule has 3 heteroatoms. The second-order valence-corrected chi connectivity index (χ2v) is 3.35. The first kappa shape index (κ1) is 8.97. The average Bonchev–Trinajstić information content (AvgIpc) is 2.41. The Hall–Kier alpha value is -1.61. The number of benzene rings is 1. The zero-order valence-electron chi connectivity index (χ0n) is 7.66. The minimum Gasteiger partial charge on any atom is -0.375 e. The molecule has 1 aromatic carbocycles. The molecule has 0 fully saturated rings. The van der Waals surface area contributed by atoms with E-state index in [9.17, 15) is 9.90 Å². The molecule has 14 heavy (non-hydrogen) atoms. The highest BCUT2D eigenvalue weighted by Crippen LogP contribution is 2.37. The van der Waals surface area contributed by atoms with E-state index in [1.54, 1.807) is 24.3 Å². The largest absolute Gasteiger partial charge is 0.375 e. The molecule has 0 spiro atoms. The molecular formula is C11H11NO2. The maximum Gasteiger partial charge on any atom is 0.261 e. The summed E-state index contributed by atoms with van der Waals surface area (Å²) in [5.74, 6) is -0.376. The highest BCUT2D eigenvalue weighted by atomic mass is 16.3. The van der Waals surface area contributed by atoms with E-state index in [1.165, 1.54) is 0 Å². The van der Waals surface area contributed by atoms with E-state index in [-0.39, 0.29) is 12.3 Å². The van der Waals surface area contributed by atoms with Crippen molar-refractivity contribution in [2.75, 3.05) is 5.32 Å². The van der Waals surface area contributed by atoms with Crippen LogP contribution in [0.3, 0.4) is 0 Å². The van der Waals surface area contributed by atoms with Gasteiger partial charge in [-0.05, 0) is 6.07 Å². The highest BCUT2D eigenvalue weighted by molar-refractivity contribution is 6.04. The van der Waals surface area contributed by atoms with Gasteiger partial charge >= 0.3 is 0 Å². The number of hydrogen-bond donors (Lipinski definition) is 2. The first-order valence-electron chi connectivity index (χ1n) is 4.43. The summed E-state index contributed by atoms with van der Waals surface area (Å²) in [5.41, 5.74) is -0.120. The first-order valence-corrected chi connectivity index (χ1v) is 4.43. The van der Waals surface area contributed by atoms with Crippen LogP contribution in [0.1, 0.15) is 12.0 Å². The topological polar surface area (TPSA) is 49.3 Å². The van der Waals surface area contributed by atoms with Gasteiger partial charge in [-0.3, -0.25) is 4.79 Å². The van der Waals surface area contributed by atoms with Crippen LogP contribution in [0.15, 0.2) is 36.9 Å². The van der Waals surface area contributed by atoms with Crippen molar-refractivity contribution >= 4 is 11.6 Å². The van der Waals surface area contributed by atoms with E-state index in [0.29, 0.717) is 11.3 Å². The Morgan fingerprint density at radius 1 is 1.50 bits per heavy atom. The van der Waals surface area contributed by atoms with E-state index in [2.05, 4.69) is 11.9 Å². The maximum absolute atomic E-state index is 11.5. The quantitative estimate of drug-likeness (QED) is 0.691. The van der Waals surface area contributed by atoms with Crippen molar-refractivity contribution in [1.29, 1.82) is 0 Å². The Kier molecular flexibility index (Phi) is 1.89. The van der Waals surface area contributed by atoms with Gasteiger partial charge in [0.15, 0.2) is 5.60 Å². The van der Waals surface area contributed by atoms with Gasteiger partial charge in [0.25, 0.3) is 5.91 Å². The van der Waals surface area contributed by atoms with Crippen molar-refractivity contribution in [3.63, 3.8) is 0 Å². The fourth-order valence-corrected chi connectivity index (χ4v) is 1.71. The molecule has 0 bridgehead atoms. The highest BCUT2D eigenvalue weighted by Gasteiger charge is 2.43. The third-order valence-corrected chi connectivity index (χ3v) is 2.44. The second-order valence-electron chi connectivity index (χ2n) is 3.35. The summed E-state index contributed by atoms with van der Waals surface area (Å²) < 4.78 is 0. The van der Waals surface area contributed by atoms with Crippen molar-refractivity contribution in [3.8, 4) is 0 Å². The SMILES string of the molecule is C=CC[C@]1(O)C(=O)Nc2ccccc21. The molecule has 2 rings (SSSR count). The van der Waals surface area contributed by atoms with Crippen molar-refractivity contribution in [1.82, 2.24) is 0 Å². The molecule has 1 aliphatic rings. The Labute approximate surface area is 82.1 Å². The van der Waals surface area contributed by atoms with E-state index >= 15 is 0 Å². The second kappa shape index (κ2) is 2.96. The lowest BCUT2D eigenvalue weighted by Crippen LogP contribution is -2.33. The number of fused-ring (bicyclic) bond motifs is 1. The smallest absolute Gasteiger partial charge is 0.261 e. The van der Waals surface area contributed by atoms with Gasteiger partial charge < -0.3 is 10.4 Å². The van der Waals surface area contributed by atoms with Crippen LogP contribution in [0.2, 0.25) is 0 Å². The van der Waals surface area contributed by atoms with Crippen LogP contribution in [0, 0.1) is 0 Å². The van der Waals surface area contributed by atoms with Crippen molar-refractivity contribution in [2.24, 2.45) is 0 Å². The van der Waals surface area contributed by atoms with Gasteiger partial charge in [-0.15, -0.1) is 6.58 Å². The minimum absolute atomic E-state index is 0.232. The molecule has 1 atom stereocenters. The molecule has 0 radical (unpaired) electrons. The van der Waals surface area contributed by atoms with Gasteiger partial charge in [0.1, 0.15) is 0 Å². The molecule has 2 N–H and O–H groups in total. The van der Waals surface area contributed by atoms with Crippen LogP contribution >= 0.6 is 0 Å². The summed E-state index contributed by atoms with van der Waals surface area (Å²) in [7, 11) is 0. The van der Waals surface area contributed by atoms with Crippen LogP contribution in [0.4, 0.5) is 5.69 Å². The van der Waals surface area contributed by atoms with Gasteiger partial charge in [-0.25, -0.2) is 0 Å². The predicted octanol–water partition coefficient (Wildman–Crippen LogP) is 1.40. The number of nitrogens with one attached hydrogen (secondary N) is 1. The molecule has 0 saturated heterocycles. The van der Waals surface area contributed by atoms with Crippen molar-refractivity contribution < 1.29 is 9.90 Å². The monoisotopic (exact) mass is 189 g/mol. The zero-order valence-corrected chi connectivity index (χ0v) is 7.66. The number of anilines is 1. The molecule has 0 unspecified atom stereocenters. The third-order valence-electron chi connectivity index (χ3n) is 2.44. The number of carbonyl (C=O) groups excluding carboxylic acids is 1. The molecule has 1 aromatic rings. The van der Waals surface area contributed by atoms with Crippen LogP contribution in [0.5, 0.6) is 0 Å². The molecule has 1 amide bonds. The minimum atomic E-state index is -1.43. The fourth-order valence-electron chi connectivity index (χ4n) is 1.71. The van der Waals surface area contributed by atoms with Gasteiger partial charge in [0, 0.05) is 17.7 Å². The molecule has 0 aromatic heterocycles. The Morgan fingerprint density at radius 3 is 2.93 bits per heavy atom. The van der Waals surface area contributed by atoms with E-state index < -0.39 is 5.60 Å². The summed E-state index contributed by atoms with van der Waals surface area (Å²) in [6, 6.07) is 7.14. The Morgan fingerprint density at radius 2 is 2.21 bits per heavy atom. The number of carbonyl (C=O) groups is 1. The summed E-state index contributed by atoms with van der Waals surface area (Å²) in [4.78, 5) is 11.5. The molecule has 72 valence electrons. The maximum atomic E-state index is 11.5. The standard InChI is InChI=1S/C11H11NO2/c1-2-7-11(14)8-5-3-4-6-9(8)12-10(11)13/h2-6,14H,1,7H2,(H,12,13)/t11-/m1/s1. The summed E-state index contributed by atoms with van der Waals surface area (Å²) in [5, 5.41) is 12.8. The van der Waals surface area contributed by atoms with Crippen LogP contribution in [-0.2, 0) is 10.4 Å². The van der Waals surface area contributed by atoms with Gasteiger partial charge in [-0.2, -0.15) is 0 Å². The van der Waals surface area contributed by atoms with Gasteiger partial charge in [0.2, 0.25) is 0 Å². The average molecular weight is 189 g/mol. The van der Waals surface area contributed by atoms with E-state index in [1.807, 2.05) is 6.07 Å². The predicted molar refractivity (Wildman–Crippen MR) is 53.8 cm³/mol. The molecule has 0 saturated carbocycles. The molecule has 1 heterocycles. The molecule has 1 aliphatic heterocycles. The summed E-state index contributed by atoms with van der Waals surface area (Å²) >= 11 is 0. The molecular weight excluding hydrogens is 178 g/mol. The normalized spacial score (nSPS) is 24.2. The molecule has 3 nitrogen and oxygen atoms in total. The number of hydrogen-bond acceptors (Lipinski definition) is 2. The summed E-state index contributed by atoms with van der Waals surface area (Å²) in [6.07, 6.45) is 1.78. The van der Waals surface area contributed by atoms with Crippen LogP contribution in [0.25, 0.3) is 0 Å². The third kappa shape index (κ3) is 1.06. The number of amides is 1. The van der Waals surface area contributed by atoms with Crippen LogP contribution < -0.4 is 5.32 Å². The first-order chi connectivity index (χ1) is 6.68. The van der Waals surface area contributed by atoms with Crippen LogP contribution in [-0.4, -0.2) is 11.0 Å². The number of aliphatic hydroxyl groups is 1. The van der Waals surface area contributed by atoms with Gasteiger partial charge in [-0.1, -0.05) is 24.3 Å².